The maximum atomic E-state index is 12.6. The predicted molar refractivity (Wildman–Crippen MR) is 102 cm³/mol. The van der Waals surface area contributed by atoms with E-state index in [2.05, 4.69) is 0 Å². The van der Waals surface area contributed by atoms with Crippen molar-refractivity contribution in [2.75, 3.05) is 14.2 Å². The predicted octanol–water partition coefficient (Wildman–Crippen LogP) is 4.50. The van der Waals surface area contributed by atoms with Crippen molar-refractivity contribution in [2.24, 2.45) is 0 Å². The molecule has 3 aromatic rings. The maximum Gasteiger partial charge on any atom is 0.351 e. The van der Waals surface area contributed by atoms with Gasteiger partial charge in [0.15, 0.2) is 0 Å². The molecule has 0 aliphatic carbocycles. The Labute approximate surface area is 158 Å². The van der Waals surface area contributed by atoms with E-state index in [9.17, 15) is 4.79 Å². The monoisotopic (exact) mass is 364 g/mol. The molecule has 0 heterocycles. The average Bonchev–Trinajstić information content (AvgIpc) is 2.73. The zero-order valence-electron chi connectivity index (χ0n) is 15.2. The standard InChI is InChI=1S/C22H20O5/c1-24-19-9-6-10-20(25-2)21(19)22(23)27-18-13-11-17(12-14-18)26-15-16-7-4-3-5-8-16/h3-14H,15H2,1-2H3. The highest BCUT2D eigenvalue weighted by Crippen LogP contribution is 2.30. The second-order valence-electron chi connectivity index (χ2n) is 5.67. The summed E-state index contributed by atoms with van der Waals surface area (Å²) in [4.78, 5) is 12.6. The molecule has 0 amide bonds. The number of carbonyl (C=O) groups is 1. The molecule has 3 rings (SSSR count). The van der Waals surface area contributed by atoms with Crippen molar-refractivity contribution >= 4 is 5.97 Å². The van der Waals surface area contributed by atoms with Crippen LogP contribution in [0.15, 0.2) is 72.8 Å². The normalized spacial score (nSPS) is 10.1. The Morgan fingerprint density at radius 1 is 0.741 bits per heavy atom. The zero-order chi connectivity index (χ0) is 19.1. The third kappa shape index (κ3) is 4.58. The summed E-state index contributed by atoms with van der Waals surface area (Å²) in [5.41, 5.74) is 1.32. The number of rotatable bonds is 7. The smallest absolute Gasteiger partial charge is 0.351 e. The van der Waals surface area contributed by atoms with Gasteiger partial charge in [-0.1, -0.05) is 36.4 Å². The van der Waals surface area contributed by atoms with Crippen LogP contribution < -0.4 is 18.9 Å². The van der Waals surface area contributed by atoms with E-state index in [0.717, 1.165) is 5.56 Å². The Morgan fingerprint density at radius 3 is 1.93 bits per heavy atom. The van der Waals surface area contributed by atoms with Gasteiger partial charge < -0.3 is 18.9 Å². The molecule has 3 aromatic carbocycles. The number of hydrogen-bond donors (Lipinski definition) is 0. The Kier molecular flexibility index (Phi) is 5.94. The molecule has 5 heteroatoms. The molecule has 0 radical (unpaired) electrons. The summed E-state index contributed by atoms with van der Waals surface area (Å²) in [6.45, 7) is 0.471. The third-order valence-corrected chi connectivity index (χ3v) is 3.91. The highest BCUT2D eigenvalue weighted by atomic mass is 16.5. The summed E-state index contributed by atoms with van der Waals surface area (Å²) in [7, 11) is 2.98. The van der Waals surface area contributed by atoms with Crippen LogP contribution in [0.4, 0.5) is 0 Å². The largest absolute Gasteiger partial charge is 0.496 e. The molecular weight excluding hydrogens is 344 g/mol. The van der Waals surface area contributed by atoms with Crippen LogP contribution in [0.2, 0.25) is 0 Å². The molecule has 0 bridgehead atoms. The van der Waals surface area contributed by atoms with Gasteiger partial charge in [-0.05, 0) is 42.0 Å². The number of methoxy groups -OCH3 is 2. The van der Waals surface area contributed by atoms with E-state index in [-0.39, 0.29) is 5.56 Å². The van der Waals surface area contributed by atoms with Crippen molar-refractivity contribution in [3.05, 3.63) is 83.9 Å². The van der Waals surface area contributed by atoms with Crippen LogP contribution in [0.3, 0.4) is 0 Å². The fourth-order valence-corrected chi connectivity index (χ4v) is 2.56. The summed E-state index contributed by atoms with van der Waals surface area (Å²) in [5.74, 6) is 1.32. The SMILES string of the molecule is COc1cccc(OC)c1C(=O)Oc1ccc(OCc2ccccc2)cc1. The van der Waals surface area contributed by atoms with Crippen molar-refractivity contribution in [1.82, 2.24) is 0 Å². The van der Waals surface area contributed by atoms with Gasteiger partial charge >= 0.3 is 5.97 Å². The van der Waals surface area contributed by atoms with Crippen LogP contribution in [0, 0.1) is 0 Å². The summed E-state index contributed by atoms with van der Waals surface area (Å²) in [5, 5.41) is 0. The summed E-state index contributed by atoms with van der Waals surface area (Å²) in [6, 6.07) is 21.9. The molecule has 0 saturated carbocycles. The van der Waals surface area contributed by atoms with Gasteiger partial charge in [0.2, 0.25) is 0 Å². The van der Waals surface area contributed by atoms with E-state index < -0.39 is 5.97 Å². The van der Waals surface area contributed by atoms with Gasteiger partial charge in [0.1, 0.15) is 35.2 Å². The first-order valence-corrected chi connectivity index (χ1v) is 8.41. The van der Waals surface area contributed by atoms with Crippen molar-refractivity contribution in [3.63, 3.8) is 0 Å². The minimum absolute atomic E-state index is 0.243. The lowest BCUT2D eigenvalue weighted by molar-refractivity contribution is 0.0727. The van der Waals surface area contributed by atoms with E-state index in [4.69, 9.17) is 18.9 Å². The number of benzene rings is 3. The van der Waals surface area contributed by atoms with Gasteiger partial charge in [-0.15, -0.1) is 0 Å². The van der Waals surface area contributed by atoms with E-state index >= 15 is 0 Å². The first-order chi connectivity index (χ1) is 13.2. The molecular formula is C22H20O5. The molecule has 0 saturated heterocycles. The molecule has 0 atom stereocenters. The molecule has 138 valence electrons. The van der Waals surface area contributed by atoms with Crippen molar-refractivity contribution in [2.45, 2.75) is 6.61 Å². The van der Waals surface area contributed by atoms with Gasteiger partial charge in [0.25, 0.3) is 0 Å². The Bertz CT molecular complexity index is 866. The minimum atomic E-state index is -0.553. The van der Waals surface area contributed by atoms with Crippen LogP contribution in [0.1, 0.15) is 15.9 Å². The molecule has 5 nitrogen and oxygen atoms in total. The average molecular weight is 364 g/mol. The van der Waals surface area contributed by atoms with Crippen LogP contribution in [0.5, 0.6) is 23.0 Å². The molecule has 0 aromatic heterocycles. The fraction of sp³-hybridized carbons (Fsp3) is 0.136. The van der Waals surface area contributed by atoms with Crippen LogP contribution >= 0.6 is 0 Å². The van der Waals surface area contributed by atoms with Crippen molar-refractivity contribution in [1.29, 1.82) is 0 Å². The van der Waals surface area contributed by atoms with E-state index in [1.807, 2.05) is 30.3 Å². The first kappa shape index (κ1) is 18.3. The number of hydrogen-bond acceptors (Lipinski definition) is 5. The molecule has 27 heavy (non-hydrogen) atoms. The molecule has 0 spiro atoms. The lowest BCUT2D eigenvalue weighted by atomic mass is 10.1. The summed E-state index contributed by atoms with van der Waals surface area (Å²) < 4.78 is 21.7. The zero-order valence-corrected chi connectivity index (χ0v) is 15.2. The minimum Gasteiger partial charge on any atom is -0.496 e. The summed E-state index contributed by atoms with van der Waals surface area (Å²) >= 11 is 0. The van der Waals surface area contributed by atoms with Crippen molar-refractivity contribution in [3.8, 4) is 23.0 Å². The van der Waals surface area contributed by atoms with Gasteiger partial charge in [-0.2, -0.15) is 0 Å². The Morgan fingerprint density at radius 2 is 1.33 bits per heavy atom. The van der Waals surface area contributed by atoms with Crippen LogP contribution in [0.25, 0.3) is 0 Å². The second kappa shape index (κ2) is 8.76. The first-order valence-electron chi connectivity index (χ1n) is 8.41. The van der Waals surface area contributed by atoms with Crippen LogP contribution in [-0.4, -0.2) is 20.2 Å². The molecule has 0 aliphatic heterocycles. The van der Waals surface area contributed by atoms with Gasteiger partial charge in [-0.3, -0.25) is 0 Å². The lowest BCUT2D eigenvalue weighted by Crippen LogP contribution is -2.11. The topological polar surface area (TPSA) is 54.0 Å². The van der Waals surface area contributed by atoms with Gasteiger partial charge in [0, 0.05) is 0 Å². The van der Waals surface area contributed by atoms with E-state index in [0.29, 0.717) is 29.6 Å². The molecule has 0 fully saturated rings. The molecule has 0 aliphatic rings. The van der Waals surface area contributed by atoms with E-state index in [1.54, 1.807) is 42.5 Å². The van der Waals surface area contributed by atoms with Crippen LogP contribution in [-0.2, 0) is 6.61 Å². The van der Waals surface area contributed by atoms with Crippen molar-refractivity contribution < 1.29 is 23.7 Å². The number of esters is 1. The number of ether oxygens (including phenoxy) is 4. The number of carbonyl (C=O) groups excluding carboxylic acids is 1. The Balaban J connectivity index is 1.67. The van der Waals surface area contributed by atoms with E-state index in [1.165, 1.54) is 14.2 Å². The molecule has 0 N–H and O–H groups in total. The quantitative estimate of drug-likeness (QED) is 0.456. The molecule has 0 unspecified atom stereocenters. The summed E-state index contributed by atoms with van der Waals surface area (Å²) in [6.07, 6.45) is 0. The highest BCUT2D eigenvalue weighted by Gasteiger charge is 2.20. The highest BCUT2D eigenvalue weighted by molar-refractivity contribution is 5.97. The Hall–Kier alpha value is -3.47. The van der Waals surface area contributed by atoms with Gasteiger partial charge in [-0.25, -0.2) is 4.79 Å². The lowest BCUT2D eigenvalue weighted by Gasteiger charge is -2.12. The maximum absolute atomic E-state index is 12.6. The van der Waals surface area contributed by atoms with Gasteiger partial charge in [0.05, 0.1) is 14.2 Å². The fourth-order valence-electron chi connectivity index (χ4n) is 2.56. The third-order valence-electron chi connectivity index (χ3n) is 3.91. The second-order valence-corrected chi connectivity index (χ2v) is 5.67.